The first-order chi connectivity index (χ1) is 7.51. The lowest BCUT2D eigenvalue weighted by molar-refractivity contribution is -0.141. The smallest absolute Gasteiger partial charge is 0.229 e. The first kappa shape index (κ1) is 13.8. The SMILES string of the molecule is CCCN1CCN(C(=O)C(C)(C)CCl)CC1. The lowest BCUT2D eigenvalue weighted by atomic mass is 9.94. The van der Waals surface area contributed by atoms with E-state index in [9.17, 15) is 4.79 Å². The van der Waals surface area contributed by atoms with Crippen molar-refractivity contribution in [3.05, 3.63) is 0 Å². The van der Waals surface area contributed by atoms with Crippen molar-refractivity contribution in [2.45, 2.75) is 27.2 Å². The van der Waals surface area contributed by atoms with Crippen LogP contribution in [0.15, 0.2) is 0 Å². The van der Waals surface area contributed by atoms with Crippen LogP contribution in [0.25, 0.3) is 0 Å². The van der Waals surface area contributed by atoms with Gasteiger partial charge >= 0.3 is 0 Å². The zero-order chi connectivity index (χ0) is 12.2. The van der Waals surface area contributed by atoms with Crippen LogP contribution < -0.4 is 0 Å². The van der Waals surface area contributed by atoms with Crippen LogP contribution >= 0.6 is 11.6 Å². The molecule has 0 aromatic rings. The van der Waals surface area contributed by atoms with E-state index in [0.29, 0.717) is 5.88 Å². The van der Waals surface area contributed by atoms with Crippen LogP contribution in [0, 0.1) is 5.41 Å². The Hall–Kier alpha value is -0.280. The molecule has 0 spiro atoms. The summed E-state index contributed by atoms with van der Waals surface area (Å²) in [5.41, 5.74) is -0.422. The molecular formula is C12H23ClN2O. The Morgan fingerprint density at radius 3 is 2.25 bits per heavy atom. The first-order valence-electron chi connectivity index (χ1n) is 6.09. The van der Waals surface area contributed by atoms with Crippen LogP contribution in [-0.4, -0.2) is 54.3 Å². The number of hydrogen-bond acceptors (Lipinski definition) is 2. The Bertz CT molecular complexity index is 235. The Morgan fingerprint density at radius 1 is 1.25 bits per heavy atom. The van der Waals surface area contributed by atoms with Gasteiger partial charge in [0.15, 0.2) is 0 Å². The summed E-state index contributed by atoms with van der Waals surface area (Å²) in [6.45, 7) is 10.9. The molecule has 0 aromatic carbocycles. The maximum Gasteiger partial charge on any atom is 0.229 e. The highest BCUT2D eigenvalue weighted by atomic mass is 35.5. The summed E-state index contributed by atoms with van der Waals surface area (Å²) < 4.78 is 0. The number of alkyl halides is 1. The molecular weight excluding hydrogens is 224 g/mol. The number of halogens is 1. The van der Waals surface area contributed by atoms with Gasteiger partial charge < -0.3 is 4.90 Å². The Labute approximate surface area is 104 Å². The van der Waals surface area contributed by atoms with Crippen molar-refractivity contribution >= 4 is 17.5 Å². The molecule has 1 fully saturated rings. The standard InChI is InChI=1S/C12H23ClN2O/c1-4-5-14-6-8-15(9-7-14)11(16)12(2,3)10-13/h4-10H2,1-3H3. The minimum atomic E-state index is -0.422. The number of carbonyl (C=O) groups is 1. The van der Waals surface area contributed by atoms with Crippen molar-refractivity contribution in [1.82, 2.24) is 9.80 Å². The molecule has 1 rings (SSSR count). The third-order valence-electron chi connectivity index (χ3n) is 3.11. The fourth-order valence-electron chi connectivity index (χ4n) is 1.98. The molecule has 1 amide bonds. The molecule has 1 heterocycles. The molecule has 0 bridgehead atoms. The normalized spacial score (nSPS) is 18.9. The van der Waals surface area contributed by atoms with Gasteiger partial charge in [0.05, 0.1) is 5.41 Å². The van der Waals surface area contributed by atoms with Crippen molar-refractivity contribution in [2.75, 3.05) is 38.6 Å². The van der Waals surface area contributed by atoms with Gasteiger partial charge in [0, 0.05) is 32.1 Å². The van der Waals surface area contributed by atoms with E-state index in [1.165, 1.54) is 6.42 Å². The average molecular weight is 247 g/mol. The largest absolute Gasteiger partial charge is 0.340 e. The average Bonchev–Trinajstić information content (AvgIpc) is 2.29. The molecule has 0 radical (unpaired) electrons. The molecule has 94 valence electrons. The van der Waals surface area contributed by atoms with E-state index in [0.717, 1.165) is 32.7 Å². The van der Waals surface area contributed by atoms with Gasteiger partial charge in [-0.1, -0.05) is 6.92 Å². The summed E-state index contributed by atoms with van der Waals surface area (Å²) in [7, 11) is 0. The topological polar surface area (TPSA) is 23.6 Å². The van der Waals surface area contributed by atoms with Gasteiger partial charge in [-0.3, -0.25) is 9.69 Å². The van der Waals surface area contributed by atoms with E-state index in [1.54, 1.807) is 0 Å². The fraction of sp³-hybridized carbons (Fsp3) is 0.917. The lowest BCUT2D eigenvalue weighted by Gasteiger charge is -2.38. The van der Waals surface area contributed by atoms with Gasteiger partial charge in [-0.25, -0.2) is 0 Å². The van der Waals surface area contributed by atoms with Crippen LogP contribution in [0.3, 0.4) is 0 Å². The quantitative estimate of drug-likeness (QED) is 0.707. The molecule has 0 aliphatic carbocycles. The van der Waals surface area contributed by atoms with Gasteiger partial charge in [0.2, 0.25) is 5.91 Å². The van der Waals surface area contributed by atoms with Crippen molar-refractivity contribution < 1.29 is 4.79 Å². The van der Waals surface area contributed by atoms with Crippen LogP contribution in [0.2, 0.25) is 0 Å². The zero-order valence-electron chi connectivity index (χ0n) is 10.6. The minimum absolute atomic E-state index is 0.193. The van der Waals surface area contributed by atoms with Gasteiger partial charge in [-0.05, 0) is 26.8 Å². The number of nitrogens with zero attached hydrogens (tertiary/aromatic N) is 2. The molecule has 4 heteroatoms. The summed E-state index contributed by atoms with van der Waals surface area (Å²) in [6, 6.07) is 0. The minimum Gasteiger partial charge on any atom is -0.340 e. The Morgan fingerprint density at radius 2 is 1.81 bits per heavy atom. The van der Waals surface area contributed by atoms with Crippen molar-refractivity contribution in [3.8, 4) is 0 Å². The van der Waals surface area contributed by atoms with E-state index in [-0.39, 0.29) is 5.91 Å². The predicted molar refractivity (Wildman–Crippen MR) is 67.8 cm³/mol. The van der Waals surface area contributed by atoms with Crippen LogP contribution in [-0.2, 0) is 4.79 Å². The van der Waals surface area contributed by atoms with Crippen LogP contribution in [0.5, 0.6) is 0 Å². The molecule has 0 aromatic heterocycles. The predicted octanol–water partition coefficient (Wildman–Crippen LogP) is 1.81. The molecule has 1 aliphatic rings. The fourth-order valence-corrected chi connectivity index (χ4v) is 2.09. The third-order valence-corrected chi connectivity index (χ3v) is 3.78. The third kappa shape index (κ3) is 3.36. The second-order valence-corrected chi connectivity index (χ2v) is 5.42. The number of hydrogen-bond donors (Lipinski definition) is 0. The van der Waals surface area contributed by atoms with Crippen molar-refractivity contribution in [1.29, 1.82) is 0 Å². The van der Waals surface area contributed by atoms with E-state index in [2.05, 4.69) is 11.8 Å². The molecule has 0 N–H and O–H groups in total. The van der Waals surface area contributed by atoms with Crippen LogP contribution in [0.4, 0.5) is 0 Å². The van der Waals surface area contributed by atoms with E-state index >= 15 is 0 Å². The maximum atomic E-state index is 12.1. The summed E-state index contributed by atoms with van der Waals surface area (Å²) in [6.07, 6.45) is 1.18. The Balaban J connectivity index is 2.45. The van der Waals surface area contributed by atoms with Crippen molar-refractivity contribution in [2.24, 2.45) is 5.41 Å². The molecule has 0 atom stereocenters. The Kier molecular flexibility index (Phi) is 5.06. The van der Waals surface area contributed by atoms with Crippen LogP contribution in [0.1, 0.15) is 27.2 Å². The monoisotopic (exact) mass is 246 g/mol. The number of amides is 1. The highest BCUT2D eigenvalue weighted by molar-refractivity contribution is 6.19. The summed E-state index contributed by atoms with van der Waals surface area (Å²) in [4.78, 5) is 16.5. The van der Waals surface area contributed by atoms with E-state index < -0.39 is 5.41 Å². The van der Waals surface area contributed by atoms with E-state index in [4.69, 9.17) is 11.6 Å². The first-order valence-corrected chi connectivity index (χ1v) is 6.62. The second kappa shape index (κ2) is 5.87. The zero-order valence-corrected chi connectivity index (χ0v) is 11.4. The molecule has 1 aliphatic heterocycles. The molecule has 3 nitrogen and oxygen atoms in total. The molecule has 0 unspecified atom stereocenters. The number of piperazine rings is 1. The highest BCUT2D eigenvalue weighted by Gasteiger charge is 2.32. The molecule has 0 saturated carbocycles. The van der Waals surface area contributed by atoms with E-state index in [1.807, 2.05) is 18.7 Å². The molecule has 16 heavy (non-hydrogen) atoms. The lowest BCUT2D eigenvalue weighted by Crippen LogP contribution is -2.52. The van der Waals surface area contributed by atoms with Crippen molar-refractivity contribution in [3.63, 3.8) is 0 Å². The maximum absolute atomic E-state index is 12.1. The van der Waals surface area contributed by atoms with Gasteiger partial charge in [0.1, 0.15) is 0 Å². The second-order valence-electron chi connectivity index (χ2n) is 5.15. The summed E-state index contributed by atoms with van der Waals surface area (Å²) in [5, 5.41) is 0. The molecule has 1 saturated heterocycles. The van der Waals surface area contributed by atoms with Gasteiger partial charge in [-0.15, -0.1) is 11.6 Å². The number of carbonyl (C=O) groups excluding carboxylic acids is 1. The van der Waals surface area contributed by atoms with Gasteiger partial charge in [0.25, 0.3) is 0 Å². The summed E-state index contributed by atoms with van der Waals surface area (Å²) >= 11 is 5.83. The number of rotatable bonds is 4. The summed E-state index contributed by atoms with van der Waals surface area (Å²) in [5.74, 6) is 0.583. The van der Waals surface area contributed by atoms with Gasteiger partial charge in [-0.2, -0.15) is 0 Å². The highest BCUT2D eigenvalue weighted by Crippen LogP contribution is 2.21.